The van der Waals surface area contributed by atoms with Crippen LogP contribution >= 0.6 is 0 Å². The zero-order valence-corrected chi connectivity index (χ0v) is 11.0. The highest BCUT2D eigenvalue weighted by atomic mass is 19.2. The van der Waals surface area contributed by atoms with Gasteiger partial charge in [0.25, 0.3) is 0 Å². The van der Waals surface area contributed by atoms with E-state index in [2.05, 4.69) is 12.2 Å². The molecule has 2 atom stereocenters. The zero-order valence-electron chi connectivity index (χ0n) is 11.0. The first-order chi connectivity index (χ1) is 8.59. The Labute approximate surface area is 108 Å². The Hall–Kier alpha value is -0.960. The first-order valence-corrected chi connectivity index (χ1v) is 6.79. The molecule has 1 aliphatic carbocycles. The molecule has 0 spiro atoms. The summed E-state index contributed by atoms with van der Waals surface area (Å²) in [4.78, 5) is 0. The van der Waals surface area contributed by atoms with Crippen LogP contribution in [0.15, 0.2) is 18.2 Å². The van der Waals surface area contributed by atoms with E-state index in [-0.39, 0.29) is 6.04 Å². The molecule has 0 aliphatic heterocycles. The van der Waals surface area contributed by atoms with Crippen molar-refractivity contribution < 1.29 is 8.78 Å². The Balaban J connectivity index is 2.02. The van der Waals surface area contributed by atoms with Gasteiger partial charge in [-0.1, -0.05) is 25.0 Å². The fourth-order valence-corrected chi connectivity index (χ4v) is 2.93. The quantitative estimate of drug-likeness (QED) is 0.848. The molecule has 1 N–H and O–H groups in total. The zero-order chi connectivity index (χ0) is 13.1. The Morgan fingerprint density at radius 3 is 2.50 bits per heavy atom. The molecule has 0 bridgehead atoms. The monoisotopic (exact) mass is 253 g/mol. The minimum Gasteiger partial charge on any atom is -0.307 e. The minimum atomic E-state index is -0.769. The van der Waals surface area contributed by atoms with Crippen molar-refractivity contribution in [3.63, 3.8) is 0 Å². The van der Waals surface area contributed by atoms with Crippen LogP contribution in [0.5, 0.6) is 0 Å². The smallest absolute Gasteiger partial charge is 0.163 e. The van der Waals surface area contributed by atoms with E-state index >= 15 is 0 Å². The van der Waals surface area contributed by atoms with Crippen molar-refractivity contribution in [1.29, 1.82) is 0 Å². The summed E-state index contributed by atoms with van der Waals surface area (Å²) < 4.78 is 26.8. The first kappa shape index (κ1) is 13.5. The summed E-state index contributed by atoms with van der Waals surface area (Å²) in [6.45, 7) is 4.03. The van der Waals surface area contributed by atoms with E-state index in [1.54, 1.807) is 12.1 Å². The lowest BCUT2D eigenvalue weighted by atomic mass is 9.97. The van der Waals surface area contributed by atoms with Gasteiger partial charge < -0.3 is 5.32 Å². The third kappa shape index (κ3) is 2.89. The van der Waals surface area contributed by atoms with Gasteiger partial charge in [-0.3, -0.25) is 0 Å². The van der Waals surface area contributed by atoms with Gasteiger partial charge in [0, 0.05) is 17.6 Å². The molecule has 100 valence electrons. The molecule has 2 rings (SSSR count). The minimum absolute atomic E-state index is 0.156. The molecular formula is C15H21F2N. The van der Waals surface area contributed by atoms with Gasteiger partial charge in [0.2, 0.25) is 0 Å². The second-order valence-corrected chi connectivity index (χ2v) is 5.36. The fourth-order valence-electron chi connectivity index (χ4n) is 2.93. The Kier molecular flexibility index (Phi) is 4.33. The van der Waals surface area contributed by atoms with Gasteiger partial charge in [-0.05, 0) is 38.7 Å². The molecule has 1 fully saturated rings. The number of hydrogen-bond donors (Lipinski definition) is 1. The molecule has 3 heteroatoms. The van der Waals surface area contributed by atoms with Crippen LogP contribution in [0.1, 0.15) is 51.1 Å². The largest absolute Gasteiger partial charge is 0.307 e. The lowest BCUT2D eigenvalue weighted by Gasteiger charge is -2.25. The van der Waals surface area contributed by atoms with E-state index < -0.39 is 11.6 Å². The van der Waals surface area contributed by atoms with E-state index in [1.807, 2.05) is 6.92 Å². The van der Waals surface area contributed by atoms with Crippen LogP contribution < -0.4 is 5.32 Å². The van der Waals surface area contributed by atoms with E-state index in [4.69, 9.17) is 0 Å². The maximum Gasteiger partial charge on any atom is 0.163 e. The van der Waals surface area contributed by atoms with Crippen molar-refractivity contribution in [3.05, 3.63) is 35.4 Å². The van der Waals surface area contributed by atoms with Gasteiger partial charge in [-0.15, -0.1) is 0 Å². The molecule has 0 radical (unpaired) electrons. The average Bonchev–Trinajstić information content (AvgIpc) is 2.86. The van der Waals surface area contributed by atoms with E-state index in [0.717, 1.165) is 6.07 Å². The van der Waals surface area contributed by atoms with Gasteiger partial charge in [-0.25, -0.2) is 8.78 Å². The molecule has 0 amide bonds. The Morgan fingerprint density at radius 1 is 1.17 bits per heavy atom. The maximum absolute atomic E-state index is 13.7. The van der Waals surface area contributed by atoms with Crippen LogP contribution in [0.3, 0.4) is 0 Å². The second-order valence-electron chi connectivity index (χ2n) is 5.36. The molecule has 1 aromatic rings. The van der Waals surface area contributed by atoms with E-state index in [0.29, 0.717) is 17.5 Å². The van der Waals surface area contributed by atoms with Gasteiger partial charge >= 0.3 is 0 Å². The van der Waals surface area contributed by atoms with Gasteiger partial charge in [-0.2, -0.15) is 0 Å². The van der Waals surface area contributed by atoms with Crippen LogP contribution in [0, 0.1) is 17.6 Å². The Morgan fingerprint density at radius 2 is 1.83 bits per heavy atom. The lowest BCUT2D eigenvalue weighted by molar-refractivity contribution is 0.346. The van der Waals surface area contributed by atoms with Crippen molar-refractivity contribution in [2.24, 2.45) is 5.92 Å². The molecule has 1 aliphatic rings. The van der Waals surface area contributed by atoms with Crippen LogP contribution in [-0.2, 0) is 0 Å². The van der Waals surface area contributed by atoms with Crippen molar-refractivity contribution in [3.8, 4) is 0 Å². The summed E-state index contributed by atoms with van der Waals surface area (Å²) in [5.74, 6) is -0.824. The average molecular weight is 253 g/mol. The molecule has 1 nitrogen and oxygen atoms in total. The summed E-state index contributed by atoms with van der Waals surface area (Å²) in [6, 6.07) is 4.57. The normalized spacial score (nSPS) is 20.0. The van der Waals surface area contributed by atoms with Gasteiger partial charge in [0.1, 0.15) is 0 Å². The molecule has 1 aromatic carbocycles. The summed E-state index contributed by atoms with van der Waals surface area (Å²) in [5, 5.41) is 3.40. The van der Waals surface area contributed by atoms with Crippen molar-refractivity contribution >= 4 is 0 Å². The van der Waals surface area contributed by atoms with Gasteiger partial charge in [0.15, 0.2) is 11.6 Å². The number of rotatable bonds is 4. The third-order valence-electron chi connectivity index (χ3n) is 4.07. The Bertz CT molecular complexity index is 399. The summed E-state index contributed by atoms with van der Waals surface area (Å²) in [7, 11) is 0. The molecule has 0 aromatic heterocycles. The SMILES string of the molecule is CC(N[C@@H](C)C1CCCC1)c1cccc(F)c1F. The maximum atomic E-state index is 13.7. The molecule has 1 unspecified atom stereocenters. The molecular weight excluding hydrogens is 232 g/mol. The van der Waals surface area contributed by atoms with E-state index in [1.165, 1.54) is 25.7 Å². The third-order valence-corrected chi connectivity index (χ3v) is 4.07. The highest BCUT2D eigenvalue weighted by molar-refractivity contribution is 5.22. The first-order valence-electron chi connectivity index (χ1n) is 6.79. The summed E-state index contributed by atoms with van der Waals surface area (Å²) >= 11 is 0. The van der Waals surface area contributed by atoms with Crippen LogP contribution in [-0.4, -0.2) is 6.04 Å². The van der Waals surface area contributed by atoms with E-state index in [9.17, 15) is 8.78 Å². The van der Waals surface area contributed by atoms with Crippen LogP contribution in [0.2, 0.25) is 0 Å². The number of hydrogen-bond acceptors (Lipinski definition) is 1. The van der Waals surface area contributed by atoms with Crippen LogP contribution in [0.25, 0.3) is 0 Å². The predicted octanol–water partition coefficient (Wildman–Crippen LogP) is 4.19. The van der Waals surface area contributed by atoms with Crippen LogP contribution in [0.4, 0.5) is 8.78 Å². The lowest BCUT2D eigenvalue weighted by Crippen LogP contribution is -2.34. The molecule has 0 heterocycles. The predicted molar refractivity (Wildman–Crippen MR) is 69.3 cm³/mol. The molecule has 1 saturated carbocycles. The molecule has 18 heavy (non-hydrogen) atoms. The molecule has 0 saturated heterocycles. The van der Waals surface area contributed by atoms with Crippen molar-refractivity contribution in [2.45, 2.75) is 51.6 Å². The fraction of sp³-hybridized carbons (Fsp3) is 0.600. The highest BCUT2D eigenvalue weighted by Crippen LogP contribution is 2.29. The number of nitrogens with one attached hydrogen (secondary N) is 1. The standard InChI is InChI=1S/C15H21F2N/c1-10(12-6-3-4-7-12)18-11(2)13-8-5-9-14(16)15(13)17/h5,8-12,18H,3-4,6-7H2,1-2H3/t10-,11?/m0/s1. The van der Waals surface area contributed by atoms with Gasteiger partial charge in [0.05, 0.1) is 0 Å². The number of benzene rings is 1. The van der Waals surface area contributed by atoms with Crippen molar-refractivity contribution in [2.75, 3.05) is 0 Å². The summed E-state index contributed by atoms with van der Waals surface area (Å²) in [6.07, 6.45) is 5.07. The van der Waals surface area contributed by atoms with Crippen molar-refractivity contribution in [1.82, 2.24) is 5.32 Å². The highest BCUT2D eigenvalue weighted by Gasteiger charge is 2.24. The topological polar surface area (TPSA) is 12.0 Å². The summed E-state index contributed by atoms with van der Waals surface area (Å²) in [5.41, 5.74) is 0.417. The number of halogens is 2. The second kappa shape index (κ2) is 5.79.